The smallest absolute Gasteiger partial charge is 0.294 e. The fourth-order valence-corrected chi connectivity index (χ4v) is 7.22. The lowest BCUT2D eigenvalue weighted by Crippen LogP contribution is -2.05. The summed E-state index contributed by atoms with van der Waals surface area (Å²) in [6.07, 6.45) is 0. The molecule has 0 bridgehead atoms. The molecule has 2 aromatic heterocycles. The standard InChI is InChI=1S/C37H23ClN10O6S3/c1-21-29(19-40)34(42-25-10-14-27(15-11-25)56(49,50)51)44-35(43-26-12-16-28(17-13-26)57(52,53)54)33(21)46-47-36-30(20-41)32(22-6-8-24(38)9-7-22)37(55-36)48-45-31-5-3-2-4-23(31)18-39/h2-17H,1H3,(H2,42,43,44)(H,49,50,51)(H,52,53,54). The van der Waals surface area contributed by atoms with Crippen molar-refractivity contribution in [1.82, 2.24) is 4.98 Å². The highest BCUT2D eigenvalue weighted by Gasteiger charge is 2.23. The number of rotatable bonds is 11. The van der Waals surface area contributed by atoms with Crippen LogP contribution in [0.4, 0.5) is 44.4 Å². The number of nitrogens with one attached hydrogen (secondary N) is 2. The maximum Gasteiger partial charge on any atom is 0.294 e. The number of anilines is 4. The average Bonchev–Trinajstić information content (AvgIpc) is 3.54. The molecule has 0 saturated carbocycles. The zero-order chi connectivity index (χ0) is 40.9. The number of nitrogens with zero attached hydrogens (tertiary/aromatic N) is 8. The van der Waals surface area contributed by atoms with Gasteiger partial charge >= 0.3 is 0 Å². The molecule has 0 radical (unpaired) electrons. The maximum atomic E-state index is 11.7. The molecule has 0 atom stereocenters. The number of pyridine rings is 1. The summed E-state index contributed by atoms with van der Waals surface area (Å²) in [7, 11) is -8.97. The second kappa shape index (κ2) is 16.5. The molecule has 16 nitrogen and oxygen atoms in total. The molecular weight excluding hydrogens is 812 g/mol. The summed E-state index contributed by atoms with van der Waals surface area (Å²) in [5, 5.41) is 54.6. The molecule has 0 aliphatic rings. The number of hydrogen-bond acceptors (Lipinski definition) is 15. The van der Waals surface area contributed by atoms with Gasteiger partial charge in [0.15, 0.2) is 16.6 Å². The third-order valence-corrected chi connectivity index (χ3v) is 10.9. The number of nitriles is 3. The van der Waals surface area contributed by atoms with E-state index in [1.165, 1.54) is 24.3 Å². The Morgan fingerprint density at radius 3 is 1.75 bits per heavy atom. The van der Waals surface area contributed by atoms with E-state index in [-0.39, 0.29) is 65.1 Å². The second-order valence-electron chi connectivity index (χ2n) is 11.6. The lowest BCUT2D eigenvalue weighted by molar-refractivity contribution is 0.481. The SMILES string of the molecule is Cc1c(C#N)c(Nc2ccc(S(=O)(=O)O)cc2)nc(Nc2ccc(S(=O)(=O)O)cc2)c1N=Nc1sc(N=Nc2ccccc2C#N)c(-c2ccc(Cl)cc2)c1C#N. The van der Waals surface area contributed by atoms with E-state index >= 15 is 0 Å². The molecular formula is C37H23ClN10O6S3. The number of benzene rings is 4. The minimum atomic E-state index is -4.50. The van der Waals surface area contributed by atoms with Crippen molar-refractivity contribution < 1.29 is 25.9 Å². The van der Waals surface area contributed by atoms with E-state index in [1.54, 1.807) is 55.5 Å². The number of halogens is 1. The van der Waals surface area contributed by atoms with Crippen LogP contribution in [-0.2, 0) is 20.2 Å². The number of hydrogen-bond donors (Lipinski definition) is 4. The normalized spacial score (nSPS) is 11.6. The summed E-state index contributed by atoms with van der Waals surface area (Å²) in [5.74, 6) is 0.0118. The van der Waals surface area contributed by atoms with Crippen molar-refractivity contribution in [2.24, 2.45) is 20.5 Å². The first kappa shape index (κ1) is 39.8. The Morgan fingerprint density at radius 2 is 1.21 bits per heavy atom. The Balaban J connectivity index is 1.49. The van der Waals surface area contributed by atoms with E-state index in [4.69, 9.17) is 11.6 Å². The molecule has 0 spiro atoms. The van der Waals surface area contributed by atoms with E-state index in [0.29, 0.717) is 27.5 Å². The minimum Gasteiger partial charge on any atom is -0.339 e. The van der Waals surface area contributed by atoms with Gasteiger partial charge in [0.2, 0.25) is 0 Å². The van der Waals surface area contributed by atoms with Crippen LogP contribution in [0.2, 0.25) is 5.02 Å². The van der Waals surface area contributed by atoms with Gasteiger partial charge in [-0.2, -0.15) is 32.6 Å². The van der Waals surface area contributed by atoms with Gasteiger partial charge in [0.1, 0.15) is 40.1 Å². The van der Waals surface area contributed by atoms with Crippen LogP contribution in [0, 0.1) is 40.9 Å². The molecule has 0 aliphatic heterocycles. The van der Waals surface area contributed by atoms with Crippen LogP contribution in [0.1, 0.15) is 22.3 Å². The highest BCUT2D eigenvalue weighted by molar-refractivity contribution is 7.86. The second-order valence-corrected chi connectivity index (χ2v) is 15.9. The van der Waals surface area contributed by atoms with Gasteiger partial charge in [-0.25, -0.2) is 4.98 Å². The molecule has 20 heteroatoms. The molecule has 6 rings (SSSR count). The van der Waals surface area contributed by atoms with E-state index in [1.807, 2.05) is 0 Å². The molecule has 4 N–H and O–H groups in total. The van der Waals surface area contributed by atoms with Crippen molar-refractivity contribution in [3.8, 4) is 29.3 Å². The fraction of sp³-hybridized carbons (Fsp3) is 0.0270. The van der Waals surface area contributed by atoms with Crippen LogP contribution >= 0.6 is 22.9 Å². The van der Waals surface area contributed by atoms with Crippen LogP contribution < -0.4 is 10.6 Å². The third-order valence-electron chi connectivity index (χ3n) is 7.99. The molecule has 2 heterocycles. The summed E-state index contributed by atoms with van der Waals surface area (Å²) in [6.45, 7) is 1.57. The van der Waals surface area contributed by atoms with Crippen molar-refractivity contribution in [3.63, 3.8) is 0 Å². The van der Waals surface area contributed by atoms with E-state index in [2.05, 4.69) is 54.3 Å². The predicted octanol–water partition coefficient (Wildman–Crippen LogP) is 10.2. The predicted molar refractivity (Wildman–Crippen MR) is 212 cm³/mol. The Hall–Kier alpha value is -6.89. The average molecular weight is 835 g/mol. The molecule has 0 saturated heterocycles. The van der Waals surface area contributed by atoms with Gasteiger partial charge in [0.25, 0.3) is 20.2 Å². The summed E-state index contributed by atoms with van der Waals surface area (Å²) in [5.41, 5.74) is 2.49. The molecule has 0 fully saturated rings. The molecule has 0 amide bonds. The lowest BCUT2D eigenvalue weighted by atomic mass is 10.0. The molecule has 282 valence electrons. The first-order valence-corrected chi connectivity index (χ1v) is 20.1. The molecule has 6 aromatic rings. The van der Waals surface area contributed by atoms with Gasteiger partial charge in [-0.3, -0.25) is 9.11 Å². The Kier molecular flexibility index (Phi) is 11.5. The van der Waals surface area contributed by atoms with Crippen molar-refractivity contribution in [2.45, 2.75) is 16.7 Å². The Labute approximate surface area is 334 Å². The van der Waals surface area contributed by atoms with Crippen molar-refractivity contribution >= 4 is 87.6 Å². The van der Waals surface area contributed by atoms with Gasteiger partial charge < -0.3 is 10.6 Å². The first-order valence-electron chi connectivity index (χ1n) is 16.0. The molecule has 0 aliphatic carbocycles. The lowest BCUT2D eigenvalue weighted by Gasteiger charge is -2.16. The fourth-order valence-electron chi connectivity index (χ4n) is 5.21. The van der Waals surface area contributed by atoms with E-state index < -0.39 is 20.2 Å². The number of thiophene rings is 1. The molecule has 4 aromatic carbocycles. The van der Waals surface area contributed by atoms with Crippen molar-refractivity contribution in [2.75, 3.05) is 10.6 Å². The Bertz CT molecular complexity index is 2950. The van der Waals surface area contributed by atoms with Crippen molar-refractivity contribution in [1.29, 1.82) is 15.8 Å². The highest BCUT2D eigenvalue weighted by atomic mass is 35.5. The van der Waals surface area contributed by atoms with Gasteiger partial charge in [0, 0.05) is 27.5 Å². The zero-order valence-electron chi connectivity index (χ0n) is 28.9. The molecule has 57 heavy (non-hydrogen) atoms. The van der Waals surface area contributed by atoms with Crippen LogP contribution in [0.25, 0.3) is 11.1 Å². The van der Waals surface area contributed by atoms with Gasteiger partial charge in [0.05, 0.1) is 20.9 Å². The number of aromatic nitrogens is 1. The van der Waals surface area contributed by atoms with Crippen LogP contribution in [0.3, 0.4) is 0 Å². The van der Waals surface area contributed by atoms with Crippen LogP contribution in [0.15, 0.2) is 127 Å². The van der Waals surface area contributed by atoms with E-state index in [0.717, 1.165) is 35.6 Å². The quantitative estimate of drug-likeness (QED) is 0.0701. The van der Waals surface area contributed by atoms with Gasteiger partial charge in [-0.15, -0.1) is 20.5 Å². The summed E-state index contributed by atoms with van der Waals surface area (Å²) in [4.78, 5) is 3.86. The Morgan fingerprint density at radius 1 is 0.667 bits per heavy atom. The van der Waals surface area contributed by atoms with Gasteiger partial charge in [-0.1, -0.05) is 47.2 Å². The summed E-state index contributed by atoms with van der Waals surface area (Å²) < 4.78 is 65.3. The first-order chi connectivity index (χ1) is 27.2. The topological polar surface area (TPSA) is 266 Å². The summed E-state index contributed by atoms with van der Waals surface area (Å²) >= 11 is 7.13. The summed E-state index contributed by atoms with van der Waals surface area (Å²) in [6, 6.07) is 29.6. The molecule has 0 unspecified atom stereocenters. The van der Waals surface area contributed by atoms with E-state index in [9.17, 15) is 41.7 Å². The van der Waals surface area contributed by atoms with Gasteiger partial charge in [-0.05, 0) is 85.3 Å². The minimum absolute atomic E-state index is 0.00446. The van der Waals surface area contributed by atoms with Crippen LogP contribution in [0.5, 0.6) is 0 Å². The number of azo groups is 2. The largest absolute Gasteiger partial charge is 0.339 e. The third kappa shape index (κ3) is 8.99. The maximum absolute atomic E-state index is 11.7. The van der Waals surface area contributed by atoms with Crippen LogP contribution in [-0.4, -0.2) is 30.9 Å². The zero-order valence-corrected chi connectivity index (χ0v) is 32.2. The monoisotopic (exact) mass is 834 g/mol. The van der Waals surface area contributed by atoms with Crippen molar-refractivity contribution in [3.05, 3.63) is 124 Å². The highest BCUT2D eigenvalue weighted by Crippen LogP contribution is 2.49.